The van der Waals surface area contributed by atoms with Crippen LogP contribution in [-0.4, -0.2) is 151 Å². The van der Waals surface area contributed by atoms with Gasteiger partial charge in [-0.15, -0.1) is 0 Å². The second kappa shape index (κ2) is 21.8. The maximum absolute atomic E-state index is 13.3. The van der Waals surface area contributed by atoms with Gasteiger partial charge in [0.05, 0.1) is 36.9 Å². The number of aliphatic hydroxyl groups excluding tert-OH is 2. The minimum absolute atomic E-state index is 0.000768. The topological polar surface area (TPSA) is 206 Å². The summed E-state index contributed by atoms with van der Waals surface area (Å²) in [6.07, 6.45) is -4.23. The van der Waals surface area contributed by atoms with Crippen molar-refractivity contribution in [2.75, 3.05) is 21.2 Å². The highest BCUT2D eigenvalue weighted by Gasteiger charge is 2.53. The molecule has 3 rings (SSSR count). The number of hydrogen-bond acceptors (Lipinski definition) is 16. The van der Waals surface area contributed by atoms with Gasteiger partial charge in [-0.2, -0.15) is 0 Å². The molecule has 0 aliphatic carbocycles. The summed E-state index contributed by atoms with van der Waals surface area (Å²) in [5.74, 6) is -2.91. The predicted molar refractivity (Wildman–Crippen MR) is 201 cm³/mol. The fraction of sp³-hybridized carbons (Fsp3) is 0.800. The Kier molecular flexibility index (Phi) is 18.5. The summed E-state index contributed by atoms with van der Waals surface area (Å²) in [7, 11) is 4.85. The minimum atomic E-state index is -1.49. The summed E-state index contributed by atoms with van der Waals surface area (Å²) in [6.45, 7) is 11.3. The van der Waals surface area contributed by atoms with Crippen molar-refractivity contribution in [1.29, 1.82) is 0 Å². The number of likely N-dealkylation sites (N-methyl/N-ethyl adjacent to an activating group) is 1. The molecule has 2 fully saturated rings. The fourth-order valence-corrected chi connectivity index (χ4v) is 7.77. The molecule has 0 bridgehead atoms. The van der Waals surface area contributed by atoms with Gasteiger partial charge in [-0.3, -0.25) is 14.4 Å². The van der Waals surface area contributed by atoms with E-state index in [1.54, 1.807) is 64.9 Å². The molecule has 0 amide bonds. The van der Waals surface area contributed by atoms with Gasteiger partial charge in [0.1, 0.15) is 42.4 Å². The molecule has 0 saturated carbocycles. The number of ether oxygens (including phenoxy) is 8. The van der Waals surface area contributed by atoms with Gasteiger partial charge in [0.15, 0.2) is 18.7 Å². The zero-order valence-corrected chi connectivity index (χ0v) is 34.5. The zero-order chi connectivity index (χ0) is 41.9. The summed E-state index contributed by atoms with van der Waals surface area (Å²) in [4.78, 5) is 51.8. The van der Waals surface area contributed by atoms with Gasteiger partial charge in [-0.25, -0.2) is 0 Å². The van der Waals surface area contributed by atoms with Gasteiger partial charge in [0.25, 0.3) is 0 Å². The molecule has 0 spiro atoms. The molecule has 0 radical (unpaired) electrons. The van der Waals surface area contributed by atoms with E-state index in [4.69, 9.17) is 37.9 Å². The molecule has 3 aliphatic rings. The number of aliphatic hydroxyl groups is 3. The van der Waals surface area contributed by atoms with E-state index in [1.807, 2.05) is 13.0 Å². The molecule has 3 aliphatic heterocycles. The number of rotatable bonds is 11. The monoisotopic (exact) mass is 799 g/mol. The van der Waals surface area contributed by atoms with Crippen LogP contribution in [0.15, 0.2) is 24.3 Å². The molecular weight excluding hydrogens is 734 g/mol. The summed E-state index contributed by atoms with van der Waals surface area (Å²) < 4.78 is 48.3. The summed E-state index contributed by atoms with van der Waals surface area (Å²) in [5.41, 5.74) is -1.49. The van der Waals surface area contributed by atoms with Gasteiger partial charge in [-0.1, -0.05) is 38.2 Å². The van der Waals surface area contributed by atoms with Gasteiger partial charge in [-0.05, 0) is 60.0 Å². The molecule has 0 unspecified atom stereocenters. The predicted octanol–water partition coefficient (Wildman–Crippen LogP) is 2.38. The Balaban J connectivity index is 2.02. The largest absolute Gasteiger partial charge is 0.462 e. The van der Waals surface area contributed by atoms with Crippen LogP contribution in [0.5, 0.6) is 0 Å². The number of aldehydes is 1. The summed E-state index contributed by atoms with van der Waals surface area (Å²) in [5, 5.41) is 34.3. The average Bonchev–Trinajstić information content (AvgIpc) is 3.10. The third-order valence-corrected chi connectivity index (χ3v) is 10.6. The Bertz CT molecular complexity index is 1340. The Labute approximate surface area is 330 Å². The van der Waals surface area contributed by atoms with Crippen LogP contribution in [0.2, 0.25) is 0 Å². The summed E-state index contributed by atoms with van der Waals surface area (Å²) in [6, 6.07) is -0.778. The van der Waals surface area contributed by atoms with Crippen LogP contribution in [0.3, 0.4) is 0 Å². The quantitative estimate of drug-likeness (QED) is 0.156. The third-order valence-electron chi connectivity index (χ3n) is 10.6. The number of nitrogens with zero attached hydrogens (tertiary/aromatic N) is 1. The molecule has 16 atom stereocenters. The lowest BCUT2D eigenvalue weighted by atomic mass is 9.82. The number of hydrogen-bond donors (Lipinski definition) is 3. The lowest BCUT2D eigenvalue weighted by molar-refractivity contribution is -0.344. The van der Waals surface area contributed by atoms with Crippen molar-refractivity contribution in [2.24, 2.45) is 11.8 Å². The molecule has 56 heavy (non-hydrogen) atoms. The molecule has 16 nitrogen and oxygen atoms in total. The number of cyclic esters (lactones) is 1. The van der Waals surface area contributed by atoms with Crippen LogP contribution in [0.1, 0.15) is 87.0 Å². The number of methoxy groups -OCH3 is 1. The average molecular weight is 800 g/mol. The minimum Gasteiger partial charge on any atom is -0.462 e. The van der Waals surface area contributed by atoms with Crippen LogP contribution >= 0.6 is 0 Å². The van der Waals surface area contributed by atoms with Crippen molar-refractivity contribution in [1.82, 2.24) is 4.90 Å². The highest BCUT2D eigenvalue weighted by Crippen LogP contribution is 2.37. The molecule has 2 saturated heterocycles. The van der Waals surface area contributed by atoms with Crippen molar-refractivity contribution >= 4 is 24.2 Å². The van der Waals surface area contributed by atoms with Crippen LogP contribution in [0.25, 0.3) is 0 Å². The summed E-state index contributed by atoms with van der Waals surface area (Å²) >= 11 is 0. The molecule has 3 heterocycles. The maximum atomic E-state index is 13.3. The zero-order valence-electron chi connectivity index (χ0n) is 34.5. The second-order valence-corrected chi connectivity index (χ2v) is 15.7. The molecule has 16 heteroatoms. The first-order chi connectivity index (χ1) is 26.3. The lowest BCUT2D eigenvalue weighted by Crippen LogP contribution is -2.66. The fourth-order valence-electron chi connectivity index (χ4n) is 7.77. The number of carbonyl (C=O) groups is 4. The van der Waals surface area contributed by atoms with Crippen LogP contribution < -0.4 is 0 Å². The van der Waals surface area contributed by atoms with E-state index in [2.05, 4.69) is 0 Å². The first kappa shape index (κ1) is 47.6. The van der Waals surface area contributed by atoms with E-state index in [0.29, 0.717) is 12.7 Å². The molecule has 0 aromatic carbocycles. The van der Waals surface area contributed by atoms with Crippen LogP contribution in [0.4, 0.5) is 0 Å². The smallest absolute Gasteiger partial charge is 0.309 e. The third kappa shape index (κ3) is 13.1. The SMILES string of the molecule is CCC(=O)O[C@H]1CC(=O)O[C@H](C)C/C=C/C=C/[C@H](O)[C@H](C)C[C@H](CC=O)[C@H](O[C@@H]2O[C@H](C)[C@@H](O[C@H]3C[C@@](C)(O)[C@@H](OC(C)=O)[C@H](C)O3)[C@H](N(C)C)[C@H]2O)[C@H]1OC. The van der Waals surface area contributed by atoms with Crippen molar-refractivity contribution in [2.45, 2.75) is 172 Å². The number of allylic oxidation sites excluding steroid dienone is 2. The molecule has 0 aromatic rings. The van der Waals surface area contributed by atoms with E-state index in [9.17, 15) is 34.5 Å². The van der Waals surface area contributed by atoms with E-state index < -0.39 is 121 Å². The van der Waals surface area contributed by atoms with Crippen LogP contribution in [0, 0.1) is 11.8 Å². The van der Waals surface area contributed by atoms with E-state index in [-0.39, 0.29) is 25.7 Å². The number of esters is 3. The molecule has 320 valence electrons. The normalized spacial score (nSPS) is 41.6. The van der Waals surface area contributed by atoms with Crippen molar-refractivity contribution in [3.63, 3.8) is 0 Å². The van der Waals surface area contributed by atoms with E-state index >= 15 is 0 Å². The Hall–Kier alpha value is -2.80. The first-order valence-corrected chi connectivity index (χ1v) is 19.6. The number of carbonyl (C=O) groups excluding carboxylic acids is 4. The van der Waals surface area contributed by atoms with Crippen molar-refractivity contribution < 1.29 is 72.4 Å². The molecular formula is C40H65NO15. The van der Waals surface area contributed by atoms with Gasteiger partial charge in [0.2, 0.25) is 0 Å². The van der Waals surface area contributed by atoms with Gasteiger partial charge < -0.3 is 62.9 Å². The lowest BCUT2D eigenvalue weighted by Gasteiger charge is -2.50. The standard InChI is InChI=1S/C40H65NO15/c1-11-30(45)54-29-20-31(46)50-23(3)15-13-12-14-16-28(44)22(2)19-27(17-18-42)36(37(29)49-10)56-39-34(47)33(41(8)9)35(24(4)52-39)55-32-21-40(7,48)38(25(5)51-32)53-26(6)43/h12-14,16,18,22-25,27-29,32-39,44,47-48H,11,15,17,19-21H2,1-10H3/b13-12+,16-14+/t22-,23-,24-,25+,27+,28+,29+,32+,33-,34-,35-,36+,37+,38+,39+,40-/m1/s1. The maximum Gasteiger partial charge on any atom is 0.309 e. The highest BCUT2D eigenvalue weighted by molar-refractivity contribution is 5.72. The van der Waals surface area contributed by atoms with Crippen LogP contribution in [-0.2, 0) is 57.1 Å². The van der Waals surface area contributed by atoms with Gasteiger partial charge in [0, 0.05) is 39.7 Å². The Morgan fingerprint density at radius 3 is 2.30 bits per heavy atom. The Morgan fingerprint density at radius 1 is 1.02 bits per heavy atom. The van der Waals surface area contributed by atoms with Gasteiger partial charge >= 0.3 is 17.9 Å². The molecule has 0 aromatic heterocycles. The Morgan fingerprint density at radius 2 is 1.71 bits per heavy atom. The highest BCUT2D eigenvalue weighted by atomic mass is 16.7. The van der Waals surface area contributed by atoms with Crippen molar-refractivity contribution in [3.8, 4) is 0 Å². The molecule has 3 N–H and O–H groups in total. The van der Waals surface area contributed by atoms with Crippen molar-refractivity contribution in [3.05, 3.63) is 24.3 Å². The van der Waals surface area contributed by atoms with E-state index in [0.717, 1.165) is 0 Å². The van der Waals surface area contributed by atoms with E-state index in [1.165, 1.54) is 21.0 Å². The second-order valence-electron chi connectivity index (χ2n) is 15.7. The first-order valence-electron chi connectivity index (χ1n) is 19.6.